The number of esters is 2. The molecule has 7 heteroatoms. The molecule has 0 saturated heterocycles. The Morgan fingerprint density at radius 3 is 2.28 bits per heavy atom. The Morgan fingerprint density at radius 2 is 1.69 bits per heavy atom. The largest absolute Gasteiger partial charge is 0.473 e. The van der Waals surface area contributed by atoms with Crippen LogP contribution >= 0.6 is 15.9 Å². The number of hydrogen-bond acceptors (Lipinski definition) is 6. The first-order valence-corrected chi connectivity index (χ1v) is 11.3. The molecule has 6 nitrogen and oxygen atoms in total. The highest BCUT2D eigenvalue weighted by molar-refractivity contribution is 9.10. The van der Waals surface area contributed by atoms with E-state index >= 15 is 0 Å². The van der Waals surface area contributed by atoms with Gasteiger partial charge in [-0.1, -0.05) is 51.1 Å². The predicted octanol–water partition coefficient (Wildman–Crippen LogP) is 6.35. The summed E-state index contributed by atoms with van der Waals surface area (Å²) in [5, 5.41) is 0.558. The normalized spacial score (nSPS) is 12.4. The molecule has 1 atom stereocenters. The van der Waals surface area contributed by atoms with Crippen molar-refractivity contribution >= 4 is 38.8 Å². The van der Waals surface area contributed by atoms with Gasteiger partial charge in [-0.25, -0.2) is 9.59 Å². The minimum atomic E-state index is -0.968. The molecule has 0 N–H and O–H groups in total. The monoisotopic (exact) mass is 502 g/mol. The molecule has 0 aliphatic carbocycles. The van der Waals surface area contributed by atoms with E-state index in [0.717, 1.165) is 0 Å². The number of halogens is 1. The highest BCUT2D eigenvalue weighted by Crippen LogP contribution is 2.40. The van der Waals surface area contributed by atoms with Gasteiger partial charge in [-0.2, -0.15) is 0 Å². The molecule has 32 heavy (non-hydrogen) atoms. The van der Waals surface area contributed by atoms with E-state index in [1.54, 1.807) is 38.1 Å². The minimum Gasteiger partial charge on any atom is -0.473 e. The smallest absolute Gasteiger partial charge is 0.352 e. The molecule has 0 saturated carbocycles. The average molecular weight is 503 g/mol. The van der Waals surface area contributed by atoms with Gasteiger partial charge in [0.15, 0.2) is 0 Å². The Balaban J connectivity index is 2.13. The molecule has 2 aromatic carbocycles. The fraction of sp³-hybridized carbons (Fsp3) is 0.360. The Labute approximate surface area is 196 Å². The quantitative estimate of drug-likeness (QED) is 0.350. The van der Waals surface area contributed by atoms with E-state index < -0.39 is 23.5 Å². The van der Waals surface area contributed by atoms with Crippen molar-refractivity contribution in [1.82, 2.24) is 0 Å². The van der Waals surface area contributed by atoms with Gasteiger partial charge >= 0.3 is 11.9 Å². The SMILES string of the molecule is CCOC(=O)c1c(C(C)(C)C)oc2cc(Br)c(OC(C(=O)OCC)c3ccccc3)cc12. The number of benzene rings is 2. The summed E-state index contributed by atoms with van der Waals surface area (Å²) in [5.41, 5.74) is 1.11. The maximum Gasteiger partial charge on any atom is 0.352 e. The molecule has 0 aliphatic rings. The molecule has 1 unspecified atom stereocenters. The van der Waals surface area contributed by atoms with Gasteiger partial charge in [-0.3, -0.25) is 0 Å². The average Bonchev–Trinajstić information content (AvgIpc) is 3.11. The molecule has 0 fully saturated rings. The second kappa shape index (κ2) is 9.77. The van der Waals surface area contributed by atoms with Crippen molar-refractivity contribution in [3.8, 4) is 5.75 Å². The van der Waals surface area contributed by atoms with Crippen LogP contribution in [0.2, 0.25) is 0 Å². The van der Waals surface area contributed by atoms with Gasteiger partial charge in [-0.15, -0.1) is 0 Å². The Bertz CT molecular complexity index is 1110. The standard InChI is InChI=1S/C25H27BrO6/c1-6-29-23(27)20-16-13-19(17(26)14-18(16)32-22(20)25(3,4)5)31-21(24(28)30-7-2)15-11-9-8-10-12-15/h8-14,21H,6-7H2,1-5H3. The molecule has 170 valence electrons. The van der Waals surface area contributed by atoms with E-state index in [-0.39, 0.29) is 13.2 Å². The maximum absolute atomic E-state index is 12.8. The molecule has 0 radical (unpaired) electrons. The van der Waals surface area contributed by atoms with Crippen molar-refractivity contribution in [2.24, 2.45) is 0 Å². The summed E-state index contributed by atoms with van der Waals surface area (Å²) in [6, 6.07) is 12.5. The zero-order valence-electron chi connectivity index (χ0n) is 18.9. The number of carbonyl (C=O) groups excluding carboxylic acids is 2. The number of hydrogen-bond donors (Lipinski definition) is 0. The molecule has 3 rings (SSSR count). The Kier molecular flexibility index (Phi) is 7.29. The Hall–Kier alpha value is -2.80. The van der Waals surface area contributed by atoms with Crippen LogP contribution < -0.4 is 4.74 Å². The maximum atomic E-state index is 12.8. The van der Waals surface area contributed by atoms with Crippen molar-refractivity contribution < 1.29 is 28.2 Å². The van der Waals surface area contributed by atoms with Crippen LogP contribution in [0.1, 0.15) is 62.4 Å². The molecule has 0 aliphatic heterocycles. The lowest BCUT2D eigenvalue weighted by atomic mass is 9.89. The van der Waals surface area contributed by atoms with Crippen molar-refractivity contribution in [3.63, 3.8) is 0 Å². The van der Waals surface area contributed by atoms with Crippen LogP contribution in [0.25, 0.3) is 11.0 Å². The summed E-state index contributed by atoms with van der Waals surface area (Å²) in [6.45, 7) is 9.87. The molecule has 0 spiro atoms. The summed E-state index contributed by atoms with van der Waals surface area (Å²) in [7, 11) is 0. The number of fused-ring (bicyclic) bond motifs is 1. The second-order valence-electron chi connectivity index (χ2n) is 8.22. The number of ether oxygens (including phenoxy) is 3. The first-order valence-electron chi connectivity index (χ1n) is 10.5. The van der Waals surface area contributed by atoms with Gasteiger partial charge < -0.3 is 18.6 Å². The van der Waals surface area contributed by atoms with E-state index in [9.17, 15) is 9.59 Å². The lowest BCUT2D eigenvalue weighted by Crippen LogP contribution is -2.21. The van der Waals surface area contributed by atoms with E-state index in [2.05, 4.69) is 15.9 Å². The van der Waals surface area contributed by atoms with Crippen LogP contribution in [0.5, 0.6) is 5.75 Å². The fourth-order valence-electron chi connectivity index (χ4n) is 3.35. The van der Waals surface area contributed by atoms with Crippen LogP contribution in [0, 0.1) is 0 Å². The molecular formula is C25H27BrO6. The van der Waals surface area contributed by atoms with Crippen LogP contribution in [-0.4, -0.2) is 25.2 Å². The summed E-state index contributed by atoms with van der Waals surface area (Å²) < 4.78 is 23.3. The van der Waals surface area contributed by atoms with Gasteiger partial charge in [0, 0.05) is 16.4 Å². The van der Waals surface area contributed by atoms with E-state index in [0.29, 0.717) is 38.1 Å². The zero-order valence-corrected chi connectivity index (χ0v) is 20.4. The lowest BCUT2D eigenvalue weighted by Gasteiger charge is -2.19. The van der Waals surface area contributed by atoms with Gasteiger partial charge in [0.2, 0.25) is 6.10 Å². The predicted molar refractivity (Wildman–Crippen MR) is 125 cm³/mol. The molecule has 1 aromatic heterocycles. The number of furan rings is 1. The highest BCUT2D eigenvalue weighted by Gasteiger charge is 2.32. The van der Waals surface area contributed by atoms with Crippen LogP contribution in [-0.2, 0) is 19.7 Å². The minimum absolute atomic E-state index is 0.232. The third-order valence-electron chi connectivity index (χ3n) is 4.75. The van der Waals surface area contributed by atoms with Crippen molar-refractivity contribution in [2.45, 2.75) is 46.1 Å². The lowest BCUT2D eigenvalue weighted by molar-refractivity contribution is -0.151. The number of carbonyl (C=O) groups is 2. The Morgan fingerprint density at radius 1 is 1.03 bits per heavy atom. The summed E-state index contributed by atoms with van der Waals surface area (Å²) >= 11 is 3.51. The summed E-state index contributed by atoms with van der Waals surface area (Å²) in [5.74, 6) is -0.0560. The highest BCUT2D eigenvalue weighted by atomic mass is 79.9. The molecule has 1 heterocycles. The first kappa shape index (κ1) is 23.9. The van der Waals surface area contributed by atoms with Gasteiger partial charge in [0.25, 0.3) is 0 Å². The van der Waals surface area contributed by atoms with Gasteiger partial charge in [-0.05, 0) is 41.9 Å². The summed E-state index contributed by atoms with van der Waals surface area (Å²) in [6.07, 6.45) is -0.968. The topological polar surface area (TPSA) is 75.0 Å². The molecular weight excluding hydrogens is 476 g/mol. The third kappa shape index (κ3) is 4.99. The van der Waals surface area contributed by atoms with Crippen LogP contribution in [0.4, 0.5) is 0 Å². The second-order valence-corrected chi connectivity index (χ2v) is 9.07. The molecule has 0 bridgehead atoms. The zero-order chi connectivity index (χ0) is 23.5. The first-order chi connectivity index (χ1) is 15.2. The van der Waals surface area contributed by atoms with E-state index in [1.807, 2.05) is 39.0 Å². The molecule has 0 amide bonds. The van der Waals surface area contributed by atoms with E-state index in [4.69, 9.17) is 18.6 Å². The van der Waals surface area contributed by atoms with Crippen LogP contribution in [0.3, 0.4) is 0 Å². The van der Waals surface area contributed by atoms with Crippen molar-refractivity contribution in [1.29, 1.82) is 0 Å². The van der Waals surface area contributed by atoms with E-state index in [1.165, 1.54) is 0 Å². The third-order valence-corrected chi connectivity index (χ3v) is 5.37. The number of rotatable bonds is 7. The van der Waals surface area contributed by atoms with Gasteiger partial charge in [0.1, 0.15) is 22.7 Å². The van der Waals surface area contributed by atoms with Crippen molar-refractivity contribution in [3.05, 3.63) is 63.8 Å². The van der Waals surface area contributed by atoms with Gasteiger partial charge in [0.05, 0.1) is 17.7 Å². The summed E-state index contributed by atoms with van der Waals surface area (Å²) in [4.78, 5) is 25.5. The van der Waals surface area contributed by atoms with Crippen LogP contribution in [0.15, 0.2) is 51.4 Å². The van der Waals surface area contributed by atoms with Crippen molar-refractivity contribution in [2.75, 3.05) is 13.2 Å². The molecule has 3 aromatic rings. The fourth-order valence-corrected chi connectivity index (χ4v) is 3.76.